The molecule has 2 amide bonds. The molecule has 2 heterocycles. The van der Waals surface area contributed by atoms with Crippen LogP contribution >= 0.6 is 11.6 Å². The molecule has 0 spiro atoms. The van der Waals surface area contributed by atoms with Gasteiger partial charge in [0.2, 0.25) is 11.8 Å². The summed E-state index contributed by atoms with van der Waals surface area (Å²) < 4.78 is 11.1. The van der Waals surface area contributed by atoms with Crippen molar-refractivity contribution in [3.63, 3.8) is 0 Å². The standard InChI is InChI=1S/C20H16ClN3O4/c1-11-16(24-20(28-11)12-5-7-13(21)8-6-12)9-17(25)22-14-3-2-4-15-19(14)27-10-18(26)23-15/h2-8H,9-10H2,1H3,(H,22,25)(H,23,26). The lowest BCUT2D eigenvalue weighted by Gasteiger charge is -2.20. The summed E-state index contributed by atoms with van der Waals surface area (Å²) in [5.74, 6) is 0.935. The van der Waals surface area contributed by atoms with Gasteiger partial charge >= 0.3 is 0 Å². The fourth-order valence-electron chi connectivity index (χ4n) is 2.87. The number of amides is 2. The van der Waals surface area contributed by atoms with Crippen molar-refractivity contribution in [3.05, 3.63) is 58.9 Å². The van der Waals surface area contributed by atoms with Crippen molar-refractivity contribution in [3.8, 4) is 17.2 Å². The molecule has 0 aliphatic carbocycles. The predicted octanol–water partition coefficient (Wildman–Crippen LogP) is 3.82. The van der Waals surface area contributed by atoms with E-state index in [-0.39, 0.29) is 24.8 Å². The van der Waals surface area contributed by atoms with Gasteiger partial charge in [-0.2, -0.15) is 0 Å². The van der Waals surface area contributed by atoms with E-state index in [1.54, 1.807) is 49.4 Å². The van der Waals surface area contributed by atoms with Crippen LogP contribution in [0.5, 0.6) is 5.75 Å². The van der Waals surface area contributed by atoms with Crippen LogP contribution in [0.1, 0.15) is 11.5 Å². The number of nitrogens with zero attached hydrogens (tertiary/aromatic N) is 1. The highest BCUT2D eigenvalue weighted by Gasteiger charge is 2.21. The minimum absolute atomic E-state index is 0.0406. The molecular formula is C20H16ClN3O4. The average Bonchev–Trinajstić information content (AvgIpc) is 3.02. The maximum Gasteiger partial charge on any atom is 0.262 e. The van der Waals surface area contributed by atoms with Crippen LogP contribution in [0, 0.1) is 6.92 Å². The van der Waals surface area contributed by atoms with Gasteiger partial charge in [-0.1, -0.05) is 17.7 Å². The number of benzene rings is 2. The molecule has 0 radical (unpaired) electrons. The SMILES string of the molecule is Cc1oc(-c2ccc(Cl)cc2)nc1CC(=O)Nc1cccc2c1OCC(=O)N2. The van der Waals surface area contributed by atoms with E-state index in [4.69, 9.17) is 20.8 Å². The highest BCUT2D eigenvalue weighted by atomic mass is 35.5. The van der Waals surface area contributed by atoms with Gasteiger partial charge in [0, 0.05) is 10.6 Å². The van der Waals surface area contributed by atoms with Crippen LogP contribution in [0.2, 0.25) is 5.02 Å². The number of aryl methyl sites for hydroxylation is 1. The zero-order valence-corrected chi connectivity index (χ0v) is 15.7. The number of rotatable bonds is 4. The van der Waals surface area contributed by atoms with E-state index >= 15 is 0 Å². The molecule has 7 nitrogen and oxygen atoms in total. The fourth-order valence-corrected chi connectivity index (χ4v) is 2.99. The summed E-state index contributed by atoms with van der Waals surface area (Å²) >= 11 is 5.90. The first-order chi connectivity index (χ1) is 13.5. The summed E-state index contributed by atoms with van der Waals surface area (Å²) in [7, 11) is 0. The molecule has 0 fully saturated rings. The Morgan fingerprint density at radius 3 is 2.82 bits per heavy atom. The second-order valence-corrected chi connectivity index (χ2v) is 6.71. The number of ether oxygens (including phenoxy) is 1. The van der Waals surface area contributed by atoms with Gasteiger partial charge in [0.15, 0.2) is 12.4 Å². The quantitative estimate of drug-likeness (QED) is 0.698. The van der Waals surface area contributed by atoms with Crippen LogP contribution in [0.3, 0.4) is 0 Å². The molecule has 0 saturated heterocycles. The lowest BCUT2D eigenvalue weighted by Crippen LogP contribution is -2.26. The number of anilines is 2. The first-order valence-corrected chi connectivity index (χ1v) is 8.95. The zero-order valence-electron chi connectivity index (χ0n) is 14.9. The summed E-state index contributed by atoms with van der Waals surface area (Å²) in [4.78, 5) is 28.4. The number of halogens is 1. The molecule has 0 unspecified atom stereocenters. The number of carbonyl (C=O) groups is 2. The van der Waals surface area contributed by atoms with Crippen LogP contribution in [0.15, 0.2) is 46.9 Å². The second kappa shape index (κ2) is 7.36. The molecule has 0 saturated carbocycles. The first kappa shape index (κ1) is 18.1. The molecule has 0 atom stereocenters. The molecule has 4 rings (SSSR count). The van der Waals surface area contributed by atoms with Crippen molar-refractivity contribution in [2.45, 2.75) is 13.3 Å². The van der Waals surface area contributed by atoms with Crippen molar-refractivity contribution < 1.29 is 18.7 Å². The van der Waals surface area contributed by atoms with Gasteiger partial charge in [-0.25, -0.2) is 4.98 Å². The van der Waals surface area contributed by atoms with E-state index in [9.17, 15) is 9.59 Å². The molecule has 2 N–H and O–H groups in total. The van der Waals surface area contributed by atoms with Gasteiger partial charge in [0.1, 0.15) is 5.76 Å². The van der Waals surface area contributed by atoms with Crippen molar-refractivity contribution in [1.82, 2.24) is 4.98 Å². The number of oxazole rings is 1. The number of nitrogens with one attached hydrogen (secondary N) is 2. The number of para-hydroxylation sites is 1. The molecule has 142 valence electrons. The number of hydrogen-bond acceptors (Lipinski definition) is 5. The van der Waals surface area contributed by atoms with E-state index in [1.165, 1.54) is 0 Å². The van der Waals surface area contributed by atoms with Gasteiger partial charge in [-0.3, -0.25) is 9.59 Å². The van der Waals surface area contributed by atoms with Gasteiger partial charge in [-0.15, -0.1) is 0 Å². The van der Waals surface area contributed by atoms with E-state index < -0.39 is 0 Å². The average molecular weight is 398 g/mol. The van der Waals surface area contributed by atoms with Crippen molar-refractivity contribution in [2.24, 2.45) is 0 Å². The Morgan fingerprint density at radius 1 is 1.25 bits per heavy atom. The third-order valence-electron chi connectivity index (χ3n) is 4.22. The highest BCUT2D eigenvalue weighted by molar-refractivity contribution is 6.30. The lowest BCUT2D eigenvalue weighted by molar-refractivity contribution is -0.118. The Labute approximate surface area is 165 Å². The smallest absolute Gasteiger partial charge is 0.262 e. The van der Waals surface area contributed by atoms with Crippen LogP contribution in [-0.2, 0) is 16.0 Å². The summed E-state index contributed by atoms with van der Waals surface area (Å²) in [6.45, 7) is 1.67. The molecule has 0 bridgehead atoms. The molecule has 1 aromatic heterocycles. The molecule has 3 aromatic rings. The third-order valence-corrected chi connectivity index (χ3v) is 4.47. The minimum Gasteiger partial charge on any atom is -0.479 e. The van der Waals surface area contributed by atoms with Gasteiger partial charge in [0.25, 0.3) is 5.91 Å². The topological polar surface area (TPSA) is 93.5 Å². The Kier molecular flexibility index (Phi) is 4.75. The van der Waals surface area contributed by atoms with Gasteiger partial charge in [0.05, 0.1) is 23.5 Å². The summed E-state index contributed by atoms with van der Waals surface area (Å²) in [5.41, 5.74) is 2.33. The van der Waals surface area contributed by atoms with E-state index in [1.807, 2.05) is 0 Å². The molecular weight excluding hydrogens is 382 g/mol. The Balaban J connectivity index is 1.50. The van der Waals surface area contributed by atoms with Crippen molar-refractivity contribution in [2.75, 3.05) is 17.2 Å². The normalized spacial score (nSPS) is 12.7. The van der Waals surface area contributed by atoms with E-state index in [0.717, 1.165) is 5.56 Å². The maximum atomic E-state index is 12.5. The molecule has 1 aliphatic rings. The van der Waals surface area contributed by atoms with Crippen molar-refractivity contribution >= 4 is 34.8 Å². The van der Waals surface area contributed by atoms with Crippen LogP contribution in [0.4, 0.5) is 11.4 Å². The monoisotopic (exact) mass is 397 g/mol. The second-order valence-electron chi connectivity index (χ2n) is 6.27. The minimum atomic E-state index is -0.270. The van der Waals surface area contributed by atoms with Crippen molar-refractivity contribution in [1.29, 1.82) is 0 Å². The van der Waals surface area contributed by atoms with E-state index in [2.05, 4.69) is 15.6 Å². The number of aromatic nitrogens is 1. The predicted molar refractivity (Wildman–Crippen MR) is 105 cm³/mol. The highest BCUT2D eigenvalue weighted by Crippen LogP contribution is 2.35. The van der Waals surface area contributed by atoms with Gasteiger partial charge < -0.3 is 19.8 Å². The van der Waals surface area contributed by atoms with Crippen LogP contribution in [-0.4, -0.2) is 23.4 Å². The Hall–Kier alpha value is -3.32. The summed E-state index contributed by atoms with van der Waals surface area (Å²) in [5, 5.41) is 6.13. The largest absolute Gasteiger partial charge is 0.479 e. The van der Waals surface area contributed by atoms with Gasteiger partial charge in [-0.05, 0) is 43.3 Å². The number of fused-ring (bicyclic) bond motifs is 1. The molecule has 8 heteroatoms. The first-order valence-electron chi connectivity index (χ1n) is 8.57. The zero-order chi connectivity index (χ0) is 19.7. The lowest BCUT2D eigenvalue weighted by atomic mass is 10.2. The fraction of sp³-hybridized carbons (Fsp3) is 0.150. The maximum absolute atomic E-state index is 12.5. The Morgan fingerprint density at radius 2 is 2.04 bits per heavy atom. The Bertz CT molecular complexity index is 1060. The molecule has 2 aromatic carbocycles. The van der Waals surface area contributed by atoms with Crippen LogP contribution < -0.4 is 15.4 Å². The summed E-state index contributed by atoms with van der Waals surface area (Å²) in [6, 6.07) is 12.3. The van der Waals surface area contributed by atoms with Crippen LogP contribution in [0.25, 0.3) is 11.5 Å². The number of hydrogen-bond donors (Lipinski definition) is 2. The molecule has 1 aliphatic heterocycles. The molecule has 28 heavy (non-hydrogen) atoms. The van der Waals surface area contributed by atoms with E-state index in [0.29, 0.717) is 39.5 Å². The number of carbonyl (C=O) groups excluding carboxylic acids is 2. The summed E-state index contributed by atoms with van der Waals surface area (Å²) in [6.07, 6.45) is 0.0406. The third kappa shape index (κ3) is 3.70.